The summed E-state index contributed by atoms with van der Waals surface area (Å²) in [5.41, 5.74) is -0.214. The van der Waals surface area contributed by atoms with Crippen LogP contribution in [0.15, 0.2) is 36.4 Å². The van der Waals surface area contributed by atoms with Gasteiger partial charge in [-0.3, -0.25) is 0 Å². The molecule has 5 heteroatoms. The van der Waals surface area contributed by atoms with Crippen molar-refractivity contribution in [1.29, 1.82) is 0 Å². The van der Waals surface area contributed by atoms with Crippen LogP contribution in [-0.2, 0) is 0 Å². The minimum absolute atomic E-state index is 0.0505. The SMILES string of the molecule is C#Cc1ccc(OC(=O)c2ccc(OCCCC)cc2F)cc1F. The van der Waals surface area contributed by atoms with Crippen LogP contribution in [0.5, 0.6) is 11.5 Å². The van der Waals surface area contributed by atoms with E-state index in [1.165, 1.54) is 24.3 Å². The van der Waals surface area contributed by atoms with Crippen LogP contribution in [-0.4, -0.2) is 12.6 Å². The van der Waals surface area contributed by atoms with Gasteiger partial charge in [-0.15, -0.1) is 6.42 Å². The fourth-order valence-electron chi connectivity index (χ4n) is 1.92. The zero-order valence-electron chi connectivity index (χ0n) is 13.1. The maximum Gasteiger partial charge on any atom is 0.346 e. The number of esters is 1. The molecule has 0 aromatic heterocycles. The van der Waals surface area contributed by atoms with Gasteiger partial charge in [-0.05, 0) is 30.7 Å². The third kappa shape index (κ3) is 4.32. The molecule has 2 rings (SSSR count). The van der Waals surface area contributed by atoms with Crippen LogP contribution in [0.4, 0.5) is 8.78 Å². The first-order chi connectivity index (χ1) is 11.5. The van der Waals surface area contributed by atoms with Gasteiger partial charge in [-0.25, -0.2) is 13.6 Å². The Balaban J connectivity index is 2.09. The molecule has 2 aromatic rings. The fourth-order valence-corrected chi connectivity index (χ4v) is 1.92. The molecule has 0 saturated heterocycles. The van der Waals surface area contributed by atoms with Crippen molar-refractivity contribution in [3.63, 3.8) is 0 Å². The van der Waals surface area contributed by atoms with Crippen molar-refractivity contribution < 1.29 is 23.0 Å². The Morgan fingerprint density at radius 1 is 1.12 bits per heavy atom. The van der Waals surface area contributed by atoms with Crippen LogP contribution in [0.2, 0.25) is 0 Å². The number of carbonyl (C=O) groups is 1. The highest BCUT2D eigenvalue weighted by molar-refractivity contribution is 5.91. The highest BCUT2D eigenvalue weighted by atomic mass is 19.1. The number of unbranched alkanes of at least 4 members (excludes halogenated alkanes) is 1. The molecule has 0 amide bonds. The number of benzene rings is 2. The number of rotatable bonds is 6. The Hall–Kier alpha value is -2.87. The normalized spacial score (nSPS) is 10.1. The molecule has 0 heterocycles. The summed E-state index contributed by atoms with van der Waals surface area (Å²) >= 11 is 0. The monoisotopic (exact) mass is 330 g/mol. The summed E-state index contributed by atoms with van der Waals surface area (Å²) in [5.74, 6) is 0.0425. The van der Waals surface area contributed by atoms with E-state index >= 15 is 0 Å². The summed E-state index contributed by atoms with van der Waals surface area (Å²) in [6.07, 6.45) is 6.92. The maximum atomic E-state index is 14.0. The van der Waals surface area contributed by atoms with Crippen LogP contribution in [0.25, 0.3) is 0 Å². The van der Waals surface area contributed by atoms with Crippen molar-refractivity contribution in [2.45, 2.75) is 19.8 Å². The van der Waals surface area contributed by atoms with Gasteiger partial charge in [0.1, 0.15) is 23.1 Å². The standard InChI is InChI=1S/C19H16F2O3/c1-3-5-10-23-14-8-9-16(18(21)11-14)19(22)24-15-7-6-13(4-2)17(20)12-15/h2,6-9,11-12H,3,5,10H2,1H3. The first-order valence-electron chi connectivity index (χ1n) is 7.45. The zero-order valence-corrected chi connectivity index (χ0v) is 13.1. The summed E-state index contributed by atoms with van der Waals surface area (Å²) < 4.78 is 37.9. The van der Waals surface area contributed by atoms with Gasteiger partial charge in [-0.1, -0.05) is 19.3 Å². The van der Waals surface area contributed by atoms with Crippen molar-refractivity contribution in [3.05, 3.63) is 59.2 Å². The number of carbonyl (C=O) groups excluding carboxylic acids is 1. The summed E-state index contributed by atoms with van der Waals surface area (Å²) in [5, 5.41) is 0. The number of hydrogen-bond acceptors (Lipinski definition) is 3. The summed E-state index contributed by atoms with van der Waals surface area (Å²) in [6.45, 7) is 2.49. The van der Waals surface area contributed by atoms with Crippen molar-refractivity contribution in [3.8, 4) is 23.8 Å². The van der Waals surface area contributed by atoms with E-state index in [1.807, 2.05) is 6.92 Å². The van der Waals surface area contributed by atoms with Crippen LogP contribution in [0.1, 0.15) is 35.7 Å². The van der Waals surface area contributed by atoms with E-state index in [4.69, 9.17) is 15.9 Å². The van der Waals surface area contributed by atoms with Crippen molar-refractivity contribution in [1.82, 2.24) is 0 Å². The first kappa shape index (κ1) is 17.5. The molecule has 0 saturated carbocycles. The number of hydrogen-bond donors (Lipinski definition) is 0. The molecule has 3 nitrogen and oxygen atoms in total. The van der Waals surface area contributed by atoms with Crippen LogP contribution < -0.4 is 9.47 Å². The number of ether oxygens (including phenoxy) is 2. The van der Waals surface area contributed by atoms with E-state index in [0.29, 0.717) is 12.4 Å². The van der Waals surface area contributed by atoms with Gasteiger partial charge in [0.25, 0.3) is 0 Å². The van der Waals surface area contributed by atoms with Crippen LogP contribution in [0.3, 0.4) is 0 Å². The molecule has 24 heavy (non-hydrogen) atoms. The Labute approximate surface area is 139 Å². The Morgan fingerprint density at radius 2 is 1.83 bits per heavy atom. The molecule has 0 unspecified atom stereocenters. The fraction of sp³-hybridized carbons (Fsp3) is 0.211. The highest BCUT2D eigenvalue weighted by Crippen LogP contribution is 2.21. The second-order valence-electron chi connectivity index (χ2n) is 5.02. The summed E-state index contributed by atoms with van der Waals surface area (Å²) in [7, 11) is 0. The van der Waals surface area contributed by atoms with E-state index < -0.39 is 17.6 Å². The lowest BCUT2D eigenvalue weighted by Gasteiger charge is -2.08. The lowest BCUT2D eigenvalue weighted by molar-refractivity contribution is 0.0729. The van der Waals surface area contributed by atoms with Crippen molar-refractivity contribution >= 4 is 5.97 Å². The van der Waals surface area contributed by atoms with E-state index in [9.17, 15) is 13.6 Å². The molecule has 0 N–H and O–H groups in total. The zero-order chi connectivity index (χ0) is 17.5. The molecule has 0 fully saturated rings. The third-order valence-electron chi connectivity index (χ3n) is 3.23. The van der Waals surface area contributed by atoms with E-state index in [-0.39, 0.29) is 16.9 Å². The average Bonchev–Trinajstić information content (AvgIpc) is 2.55. The Morgan fingerprint density at radius 3 is 2.46 bits per heavy atom. The van der Waals surface area contributed by atoms with Crippen LogP contribution >= 0.6 is 0 Å². The molecule has 0 spiro atoms. The van der Waals surface area contributed by atoms with Crippen molar-refractivity contribution in [2.75, 3.05) is 6.61 Å². The van der Waals surface area contributed by atoms with E-state index in [0.717, 1.165) is 25.0 Å². The Bertz CT molecular complexity index is 779. The van der Waals surface area contributed by atoms with Crippen LogP contribution in [0, 0.1) is 24.0 Å². The van der Waals surface area contributed by atoms with Gasteiger partial charge in [0, 0.05) is 12.1 Å². The molecule has 0 atom stereocenters. The van der Waals surface area contributed by atoms with Gasteiger partial charge in [0.05, 0.1) is 17.7 Å². The van der Waals surface area contributed by atoms with Gasteiger partial charge in [0.2, 0.25) is 0 Å². The molecule has 0 aliphatic rings. The lowest BCUT2D eigenvalue weighted by Crippen LogP contribution is -2.11. The topological polar surface area (TPSA) is 35.5 Å². The largest absolute Gasteiger partial charge is 0.493 e. The van der Waals surface area contributed by atoms with E-state index in [2.05, 4.69) is 5.92 Å². The molecule has 0 aliphatic carbocycles. The third-order valence-corrected chi connectivity index (χ3v) is 3.23. The van der Waals surface area contributed by atoms with E-state index in [1.54, 1.807) is 0 Å². The number of terminal acetylenes is 1. The van der Waals surface area contributed by atoms with Crippen molar-refractivity contribution in [2.24, 2.45) is 0 Å². The quantitative estimate of drug-likeness (QED) is 0.342. The van der Waals surface area contributed by atoms with Gasteiger partial charge < -0.3 is 9.47 Å². The molecule has 0 radical (unpaired) electrons. The number of halogens is 2. The highest BCUT2D eigenvalue weighted by Gasteiger charge is 2.16. The van der Waals surface area contributed by atoms with Gasteiger partial charge in [-0.2, -0.15) is 0 Å². The minimum Gasteiger partial charge on any atom is -0.493 e. The second kappa shape index (κ2) is 8.11. The second-order valence-corrected chi connectivity index (χ2v) is 5.02. The van der Waals surface area contributed by atoms with Gasteiger partial charge >= 0.3 is 5.97 Å². The maximum absolute atomic E-state index is 14.0. The Kier molecular flexibility index (Phi) is 5.91. The lowest BCUT2D eigenvalue weighted by atomic mass is 10.2. The summed E-state index contributed by atoms with van der Waals surface area (Å²) in [4.78, 5) is 12.0. The minimum atomic E-state index is -0.930. The first-order valence-corrected chi connectivity index (χ1v) is 7.45. The molecule has 124 valence electrons. The molecular formula is C19H16F2O3. The molecule has 0 aliphatic heterocycles. The predicted octanol–water partition coefficient (Wildman–Crippen LogP) is 4.34. The smallest absolute Gasteiger partial charge is 0.346 e. The van der Waals surface area contributed by atoms with Gasteiger partial charge in [0.15, 0.2) is 0 Å². The molecular weight excluding hydrogens is 314 g/mol. The average molecular weight is 330 g/mol. The molecule has 0 bridgehead atoms. The molecule has 2 aromatic carbocycles. The predicted molar refractivity (Wildman–Crippen MR) is 86.1 cm³/mol. The summed E-state index contributed by atoms with van der Waals surface area (Å²) in [6, 6.07) is 7.50.